The van der Waals surface area contributed by atoms with E-state index < -0.39 is 0 Å². The first-order chi connectivity index (χ1) is 14.7. The second kappa shape index (κ2) is 9.22. The molecular weight excluding hydrogens is 398 g/mol. The first-order valence-electron chi connectivity index (χ1n) is 10.1. The SMILES string of the molecule is CCCc1cc(-c2sncc2C2=COC=C(CC3=CC=CCC3)O2)c(O)cc1OC. The monoisotopic (exact) mass is 423 g/mol. The van der Waals surface area contributed by atoms with E-state index in [4.69, 9.17) is 14.2 Å². The van der Waals surface area contributed by atoms with Crippen LogP contribution in [0.3, 0.4) is 0 Å². The molecule has 2 aromatic rings. The lowest BCUT2D eigenvalue weighted by Gasteiger charge is -2.19. The van der Waals surface area contributed by atoms with Crippen molar-refractivity contribution in [2.75, 3.05) is 7.11 Å². The molecule has 1 N–H and O–H groups in total. The first-order valence-corrected chi connectivity index (χ1v) is 10.9. The predicted molar refractivity (Wildman–Crippen MR) is 119 cm³/mol. The summed E-state index contributed by atoms with van der Waals surface area (Å²) in [6.45, 7) is 2.12. The van der Waals surface area contributed by atoms with Gasteiger partial charge < -0.3 is 19.3 Å². The number of nitrogens with zero attached hydrogens (tertiary/aromatic N) is 1. The molecule has 2 aliphatic rings. The maximum absolute atomic E-state index is 10.7. The average Bonchev–Trinajstić information content (AvgIpc) is 3.25. The summed E-state index contributed by atoms with van der Waals surface area (Å²) in [5, 5.41) is 10.7. The van der Waals surface area contributed by atoms with Gasteiger partial charge in [-0.3, -0.25) is 0 Å². The molecule has 1 aliphatic heterocycles. The lowest BCUT2D eigenvalue weighted by Crippen LogP contribution is -2.02. The van der Waals surface area contributed by atoms with Crippen LogP contribution in [0, 0.1) is 0 Å². The van der Waals surface area contributed by atoms with Gasteiger partial charge in [-0.15, -0.1) is 0 Å². The van der Waals surface area contributed by atoms with Crippen LogP contribution >= 0.6 is 11.5 Å². The molecule has 0 saturated heterocycles. The summed E-state index contributed by atoms with van der Waals surface area (Å²) < 4.78 is 21.5. The summed E-state index contributed by atoms with van der Waals surface area (Å²) in [5.74, 6) is 2.21. The number of phenolic OH excluding ortho intramolecular Hbond substituents is 1. The number of rotatable bonds is 7. The van der Waals surface area contributed by atoms with Crippen molar-refractivity contribution in [2.45, 2.75) is 39.0 Å². The summed E-state index contributed by atoms with van der Waals surface area (Å²) >= 11 is 1.32. The highest BCUT2D eigenvalue weighted by molar-refractivity contribution is 7.10. The summed E-state index contributed by atoms with van der Waals surface area (Å²) in [6.07, 6.45) is 16.0. The van der Waals surface area contributed by atoms with Crippen LogP contribution in [0.2, 0.25) is 0 Å². The highest BCUT2D eigenvalue weighted by Gasteiger charge is 2.22. The maximum Gasteiger partial charge on any atom is 0.172 e. The van der Waals surface area contributed by atoms with Crippen LogP contribution < -0.4 is 4.74 Å². The summed E-state index contributed by atoms with van der Waals surface area (Å²) in [7, 11) is 1.62. The third kappa shape index (κ3) is 4.28. The van der Waals surface area contributed by atoms with Crippen molar-refractivity contribution in [1.29, 1.82) is 0 Å². The van der Waals surface area contributed by atoms with Crippen LogP contribution in [-0.4, -0.2) is 16.6 Å². The van der Waals surface area contributed by atoms with Gasteiger partial charge in [-0.2, -0.15) is 4.37 Å². The van der Waals surface area contributed by atoms with E-state index in [0.29, 0.717) is 17.9 Å². The lowest BCUT2D eigenvalue weighted by molar-refractivity contribution is 0.273. The van der Waals surface area contributed by atoms with Crippen LogP contribution in [-0.2, 0) is 15.9 Å². The maximum atomic E-state index is 10.7. The Bertz CT molecular complexity index is 1050. The van der Waals surface area contributed by atoms with E-state index in [1.165, 1.54) is 17.1 Å². The fourth-order valence-corrected chi connectivity index (χ4v) is 4.42. The van der Waals surface area contributed by atoms with Crippen LogP contribution in [0.15, 0.2) is 60.4 Å². The molecule has 5 nitrogen and oxygen atoms in total. The number of aromatic nitrogens is 1. The lowest BCUT2D eigenvalue weighted by atomic mass is 10.0. The normalized spacial score (nSPS) is 15.6. The molecule has 0 radical (unpaired) electrons. The smallest absolute Gasteiger partial charge is 0.172 e. The Morgan fingerprint density at radius 2 is 2.13 bits per heavy atom. The molecule has 0 atom stereocenters. The quantitative estimate of drug-likeness (QED) is 0.564. The molecule has 1 aliphatic carbocycles. The summed E-state index contributed by atoms with van der Waals surface area (Å²) in [4.78, 5) is 0.837. The molecule has 0 unspecified atom stereocenters. The number of ether oxygens (including phenoxy) is 3. The minimum Gasteiger partial charge on any atom is -0.507 e. The number of aromatic hydroxyl groups is 1. The number of benzene rings is 1. The number of methoxy groups -OCH3 is 1. The second-order valence-electron chi connectivity index (χ2n) is 7.27. The number of hydrogen-bond acceptors (Lipinski definition) is 6. The fraction of sp³-hybridized carbons (Fsp3) is 0.292. The van der Waals surface area contributed by atoms with E-state index >= 15 is 0 Å². The predicted octanol–water partition coefficient (Wildman–Crippen LogP) is 6.33. The number of aryl methyl sites for hydroxylation is 1. The zero-order chi connectivity index (χ0) is 20.9. The standard InChI is InChI=1S/C24H25NO4S/c1-3-7-17-11-19(21(26)12-22(17)27-2)24-20(13-25-30-24)23-15-28-14-18(29-23)10-16-8-5-4-6-9-16/h4-5,8,11-15,26H,3,6-7,9-10H2,1-2H3. The second-order valence-corrected chi connectivity index (χ2v) is 8.07. The first kappa shape index (κ1) is 20.3. The van der Waals surface area contributed by atoms with Crippen molar-refractivity contribution < 1.29 is 19.3 Å². The molecule has 0 spiro atoms. The van der Waals surface area contributed by atoms with Crippen LogP contribution in [0.4, 0.5) is 0 Å². The fourth-order valence-electron chi connectivity index (χ4n) is 3.64. The zero-order valence-corrected chi connectivity index (χ0v) is 18.0. The van der Waals surface area contributed by atoms with Gasteiger partial charge in [0.15, 0.2) is 5.76 Å². The molecule has 0 amide bonds. The molecule has 0 bridgehead atoms. The van der Waals surface area contributed by atoms with Gasteiger partial charge in [0.05, 0.1) is 23.7 Å². The molecule has 0 fully saturated rings. The number of phenols is 1. The van der Waals surface area contributed by atoms with Gasteiger partial charge in [-0.05, 0) is 42.4 Å². The van der Waals surface area contributed by atoms with Gasteiger partial charge in [0.2, 0.25) is 0 Å². The highest BCUT2D eigenvalue weighted by Crippen LogP contribution is 2.42. The zero-order valence-electron chi connectivity index (χ0n) is 17.2. The largest absolute Gasteiger partial charge is 0.507 e. The Balaban J connectivity index is 1.61. The van der Waals surface area contributed by atoms with Gasteiger partial charge in [-0.25, -0.2) is 0 Å². The Kier molecular flexibility index (Phi) is 6.23. The number of hydrogen-bond donors (Lipinski definition) is 1. The van der Waals surface area contributed by atoms with E-state index in [-0.39, 0.29) is 5.75 Å². The average molecular weight is 424 g/mol. The molecule has 1 aromatic carbocycles. The number of allylic oxidation sites excluding steroid dienone is 4. The third-order valence-corrected chi connectivity index (χ3v) is 5.95. The molecule has 6 heteroatoms. The summed E-state index contributed by atoms with van der Waals surface area (Å²) in [5.41, 5.74) is 3.89. The Labute approximate surface area is 180 Å². The van der Waals surface area contributed by atoms with E-state index in [2.05, 4.69) is 29.5 Å². The van der Waals surface area contributed by atoms with Gasteiger partial charge in [0, 0.05) is 18.1 Å². The summed E-state index contributed by atoms with van der Waals surface area (Å²) in [6, 6.07) is 3.65. The van der Waals surface area contributed by atoms with E-state index in [0.717, 1.165) is 53.0 Å². The van der Waals surface area contributed by atoms with Gasteiger partial charge in [0.25, 0.3) is 0 Å². The Morgan fingerprint density at radius 3 is 2.90 bits per heavy atom. The molecule has 4 rings (SSSR count). The Hall–Kier alpha value is -2.99. The van der Waals surface area contributed by atoms with Crippen molar-refractivity contribution in [3.05, 3.63) is 71.5 Å². The van der Waals surface area contributed by atoms with Crippen molar-refractivity contribution in [3.63, 3.8) is 0 Å². The van der Waals surface area contributed by atoms with Crippen molar-refractivity contribution in [2.24, 2.45) is 0 Å². The topological polar surface area (TPSA) is 60.8 Å². The van der Waals surface area contributed by atoms with Crippen LogP contribution in [0.25, 0.3) is 16.2 Å². The molecule has 2 heterocycles. The van der Waals surface area contributed by atoms with E-state index in [1.54, 1.807) is 31.9 Å². The van der Waals surface area contributed by atoms with Gasteiger partial charge in [-0.1, -0.05) is 37.1 Å². The molecule has 1 aromatic heterocycles. The van der Waals surface area contributed by atoms with Gasteiger partial charge >= 0.3 is 0 Å². The van der Waals surface area contributed by atoms with Gasteiger partial charge in [0.1, 0.15) is 29.8 Å². The van der Waals surface area contributed by atoms with Crippen LogP contribution in [0.1, 0.15) is 43.7 Å². The molecular formula is C24H25NO4S. The molecule has 30 heavy (non-hydrogen) atoms. The minimum absolute atomic E-state index is 0.157. The third-order valence-electron chi connectivity index (χ3n) is 5.12. The minimum atomic E-state index is 0.157. The van der Waals surface area contributed by atoms with Crippen LogP contribution in [0.5, 0.6) is 11.5 Å². The van der Waals surface area contributed by atoms with E-state index in [1.807, 2.05) is 6.07 Å². The molecule has 0 saturated carbocycles. The van der Waals surface area contributed by atoms with Crippen molar-refractivity contribution in [1.82, 2.24) is 4.37 Å². The highest BCUT2D eigenvalue weighted by atomic mass is 32.1. The van der Waals surface area contributed by atoms with E-state index in [9.17, 15) is 5.11 Å². The Morgan fingerprint density at radius 1 is 1.23 bits per heavy atom. The van der Waals surface area contributed by atoms with Crippen molar-refractivity contribution in [3.8, 4) is 21.9 Å². The van der Waals surface area contributed by atoms with Crippen molar-refractivity contribution >= 4 is 17.3 Å². The molecule has 156 valence electrons.